The Bertz CT molecular complexity index is 80.7. The zero-order chi connectivity index (χ0) is 8.74. The van der Waals surface area contributed by atoms with Crippen LogP contribution in [0.1, 0.15) is 0 Å². The average molecular weight is 182 g/mol. The summed E-state index contributed by atoms with van der Waals surface area (Å²) < 4.78 is 0. The molecule has 3 N–H and O–H groups in total. The van der Waals surface area contributed by atoms with Gasteiger partial charge in [-0.15, -0.1) is 0 Å². The van der Waals surface area contributed by atoms with Crippen molar-refractivity contribution >= 4 is 10.0 Å². The largest absolute Gasteiger partial charge is 0.396 e. The highest BCUT2D eigenvalue weighted by molar-refractivity contribution is 8.33. The van der Waals surface area contributed by atoms with Crippen molar-refractivity contribution in [3.8, 4) is 0 Å². The lowest BCUT2D eigenvalue weighted by Gasteiger charge is -2.33. The Hall–Kier alpha value is 0.230. The fourth-order valence-corrected chi connectivity index (χ4v) is 2.90. The van der Waals surface area contributed by atoms with Gasteiger partial charge in [0.15, 0.2) is 0 Å². The van der Waals surface area contributed by atoms with Crippen LogP contribution in [0.4, 0.5) is 0 Å². The monoisotopic (exact) mass is 182 g/mol. The van der Waals surface area contributed by atoms with Crippen LogP contribution in [0.5, 0.6) is 0 Å². The predicted molar refractivity (Wildman–Crippen MR) is 49.4 cm³/mol. The fraction of sp³-hybridized carbons (Fsp3) is 1.00. The molecular formula is C7H18O3S. The minimum atomic E-state index is -0.939. The van der Waals surface area contributed by atoms with Crippen LogP contribution in [-0.4, -0.2) is 58.7 Å². The molecule has 0 aliphatic rings. The van der Waals surface area contributed by atoms with Gasteiger partial charge in [-0.25, -0.2) is 10.0 Å². The van der Waals surface area contributed by atoms with Crippen molar-refractivity contribution in [3.63, 3.8) is 0 Å². The molecule has 11 heavy (non-hydrogen) atoms. The van der Waals surface area contributed by atoms with Crippen molar-refractivity contribution in [2.75, 3.05) is 43.3 Å². The predicted octanol–water partition coefficient (Wildman–Crippen LogP) is -0.602. The van der Waals surface area contributed by atoms with Crippen molar-refractivity contribution in [2.24, 2.45) is 0 Å². The van der Waals surface area contributed by atoms with Crippen LogP contribution in [0.2, 0.25) is 0 Å². The molecule has 0 unspecified atom stereocenters. The van der Waals surface area contributed by atoms with Gasteiger partial charge in [-0.2, -0.15) is 0 Å². The van der Waals surface area contributed by atoms with Crippen LogP contribution in [-0.2, 0) is 0 Å². The van der Waals surface area contributed by atoms with Crippen molar-refractivity contribution in [2.45, 2.75) is 0 Å². The van der Waals surface area contributed by atoms with E-state index >= 15 is 0 Å². The third kappa shape index (κ3) is 4.63. The zero-order valence-electron chi connectivity index (χ0n) is 6.99. The Morgan fingerprint density at radius 1 is 0.818 bits per heavy atom. The first-order valence-corrected chi connectivity index (χ1v) is 6.27. The molecular weight excluding hydrogens is 164 g/mol. The summed E-state index contributed by atoms with van der Waals surface area (Å²) >= 11 is 0. The van der Waals surface area contributed by atoms with Crippen LogP contribution in [0, 0.1) is 0 Å². The summed E-state index contributed by atoms with van der Waals surface area (Å²) in [6.45, 7) is 0.476. The van der Waals surface area contributed by atoms with Crippen molar-refractivity contribution in [3.05, 3.63) is 0 Å². The van der Waals surface area contributed by atoms with E-state index in [4.69, 9.17) is 15.3 Å². The third-order valence-electron chi connectivity index (χ3n) is 1.75. The normalized spacial score (nSPS) is 13.5. The molecule has 0 saturated heterocycles. The van der Waals surface area contributed by atoms with Gasteiger partial charge >= 0.3 is 0 Å². The Morgan fingerprint density at radius 3 is 1.27 bits per heavy atom. The molecule has 0 heterocycles. The van der Waals surface area contributed by atoms with Crippen LogP contribution in [0.25, 0.3) is 0 Å². The second kappa shape index (κ2) is 5.83. The van der Waals surface area contributed by atoms with E-state index in [0.717, 1.165) is 17.3 Å². The summed E-state index contributed by atoms with van der Waals surface area (Å²) in [5.74, 6) is 2.19. The van der Waals surface area contributed by atoms with Gasteiger partial charge in [0.25, 0.3) is 0 Å². The maximum atomic E-state index is 8.71. The van der Waals surface area contributed by atoms with Gasteiger partial charge in [0.2, 0.25) is 0 Å². The van der Waals surface area contributed by atoms with Gasteiger partial charge in [-0.3, -0.25) is 0 Å². The maximum absolute atomic E-state index is 8.71. The minimum Gasteiger partial charge on any atom is -0.396 e. The Labute approximate surface area is 69.4 Å². The molecule has 3 nitrogen and oxygen atoms in total. The van der Waals surface area contributed by atoms with E-state index in [9.17, 15) is 0 Å². The van der Waals surface area contributed by atoms with Crippen molar-refractivity contribution in [1.29, 1.82) is 0 Å². The second-order valence-electron chi connectivity index (χ2n) is 2.76. The Morgan fingerprint density at radius 2 is 1.09 bits per heavy atom. The summed E-state index contributed by atoms with van der Waals surface area (Å²) in [5, 5.41) is 26.1. The van der Waals surface area contributed by atoms with Crippen molar-refractivity contribution in [1.82, 2.24) is 0 Å². The first-order chi connectivity index (χ1) is 5.18. The van der Waals surface area contributed by atoms with Crippen LogP contribution >= 0.6 is 10.0 Å². The minimum absolute atomic E-state index is 0.159. The highest BCUT2D eigenvalue weighted by Crippen LogP contribution is 2.42. The molecule has 0 saturated carbocycles. The number of hydrogen-bond donors (Lipinski definition) is 3. The van der Waals surface area contributed by atoms with Crippen molar-refractivity contribution < 1.29 is 15.3 Å². The quantitative estimate of drug-likeness (QED) is 0.514. The molecule has 0 aliphatic heterocycles. The first-order valence-electron chi connectivity index (χ1n) is 3.72. The number of rotatable bonds is 6. The third-order valence-corrected chi connectivity index (χ3v) is 5.26. The zero-order valence-corrected chi connectivity index (χ0v) is 7.81. The summed E-state index contributed by atoms with van der Waals surface area (Å²) in [5.41, 5.74) is 0. The van der Waals surface area contributed by atoms with Gasteiger partial charge in [0.1, 0.15) is 0 Å². The molecule has 0 amide bonds. The Kier molecular flexibility index (Phi) is 5.95. The maximum Gasteiger partial charge on any atom is 0.0507 e. The van der Waals surface area contributed by atoms with Gasteiger partial charge in [-0.1, -0.05) is 0 Å². The highest BCUT2D eigenvalue weighted by Gasteiger charge is 2.15. The molecule has 0 aliphatic carbocycles. The van der Waals surface area contributed by atoms with E-state index in [0.29, 0.717) is 0 Å². The van der Waals surface area contributed by atoms with Crippen LogP contribution in [0.15, 0.2) is 0 Å². The molecule has 0 atom stereocenters. The first kappa shape index (κ1) is 11.2. The molecule has 0 rings (SSSR count). The lowest BCUT2D eigenvalue weighted by atomic mass is 10.8. The standard InChI is InChI=1S/C7H18O3S/c1-11(5-2-8,6-3-9)7-4-10/h8-10H,2-7H2,1H3. The van der Waals surface area contributed by atoms with Gasteiger partial charge < -0.3 is 15.3 Å². The molecule has 0 aromatic carbocycles. The van der Waals surface area contributed by atoms with E-state index in [2.05, 4.69) is 6.26 Å². The molecule has 70 valence electrons. The van der Waals surface area contributed by atoms with E-state index in [1.807, 2.05) is 0 Å². The summed E-state index contributed by atoms with van der Waals surface area (Å²) in [7, 11) is -0.939. The molecule has 0 radical (unpaired) electrons. The van der Waals surface area contributed by atoms with Gasteiger partial charge in [0.05, 0.1) is 19.8 Å². The smallest absolute Gasteiger partial charge is 0.0507 e. The van der Waals surface area contributed by atoms with Gasteiger partial charge in [0, 0.05) is 17.3 Å². The topological polar surface area (TPSA) is 60.7 Å². The summed E-state index contributed by atoms with van der Waals surface area (Å²) in [4.78, 5) is 0. The van der Waals surface area contributed by atoms with E-state index in [-0.39, 0.29) is 19.8 Å². The SMILES string of the molecule is CS(CCO)(CCO)CCO. The number of aliphatic hydroxyl groups excluding tert-OH is 3. The fourth-order valence-electron chi connectivity index (χ4n) is 0.967. The lowest BCUT2D eigenvalue weighted by molar-refractivity contribution is 0.311. The molecule has 0 spiro atoms. The average Bonchev–Trinajstić information content (AvgIpc) is 1.88. The highest BCUT2D eigenvalue weighted by atomic mass is 32.3. The molecule has 0 bridgehead atoms. The van der Waals surface area contributed by atoms with Crippen LogP contribution < -0.4 is 0 Å². The second-order valence-corrected chi connectivity index (χ2v) is 6.94. The van der Waals surface area contributed by atoms with E-state index in [1.165, 1.54) is 0 Å². The Balaban J connectivity index is 3.79. The van der Waals surface area contributed by atoms with E-state index < -0.39 is 10.0 Å². The molecule has 4 heteroatoms. The molecule has 0 aromatic rings. The lowest BCUT2D eigenvalue weighted by Crippen LogP contribution is -2.18. The molecule has 0 fully saturated rings. The molecule has 0 aromatic heterocycles. The number of aliphatic hydroxyl groups is 3. The summed E-state index contributed by atoms with van der Waals surface area (Å²) in [6, 6.07) is 0. The summed E-state index contributed by atoms with van der Waals surface area (Å²) in [6.07, 6.45) is 2.05. The van der Waals surface area contributed by atoms with Crippen LogP contribution in [0.3, 0.4) is 0 Å². The van der Waals surface area contributed by atoms with Gasteiger partial charge in [-0.05, 0) is 6.26 Å². The number of hydrogen-bond acceptors (Lipinski definition) is 3. The van der Waals surface area contributed by atoms with E-state index in [1.54, 1.807) is 0 Å².